The molecule has 0 spiro atoms. The molecule has 0 aliphatic heterocycles. The first-order valence-electron chi connectivity index (χ1n) is 4.06. The second kappa shape index (κ2) is 4.29. The number of ether oxygens (including phenoxy) is 1. The second-order valence-electron chi connectivity index (χ2n) is 2.82. The van der Waals surface area contributed by atoms with Crippen LogP contribution in [0.2, 0.25) is 0 Å². The predicted octanol–water partition coefficient (Wildman–Crippen LogP) is 1.56. The molecule has 0 heterocycles. The Morgan fingerprint density at radius 1 is 1.64 bits per heavy atom. The number of carbonyl (C=O) groups is 1. The largest absolute Gasteiger partial charge is 0.370 e. The second-order valence-corrected chi connectivity index (χ2v) is 2.82. The van der Waals surface area contributed by atoms with Crippen LogP contribution < -0.4 is 0 Å². The van der Waals surface area contributed by atoms with Gasteiger partial charge in [-0.25, -0.2) is 0 Å². The molecule has 2 nitrogen and oxygen atoms in total. The van der Waals surface area contributed by atoms with Crippen molar-refractivity contribution in [3.8, 4) is 0 Å². The van der Waals surface area contributed by atoms with Gasteiger partial charge in [0.15, 0.2) is 5.78 Å². The maximum absolute atomic E-state index is 11.0. The van der Waals surface area contributed by atoms with E-state index in [1.165, 1.54) is 0 Å². The van der Waals surface area contributed by atoms with E-state index in [-0.39, 0.29) is 5.78 Å². The lowest BCUT2D eigenvalue weighted by Crippen LogP contribution is -2.10. The molecule has 0 bridgehead atoms. The van der Waals surface area contributed by atoms with Crippen LogP contribution in [0.1, 0.15) is 19.8 Å². The van der Waals surface area contributed by atoms with Gasteiger partial charge in [-0.1, -0.05) is 12.2 Å². The number of hydrogen-bond donors (Lipinski definition) is 0. The molecule has 0 radical (unpaired) electrons. The van der Waals surface area contributed by atoms with Crippen LogP contribution in [-0.2, 0) is 9.53 Å². The van der Waals surface area contributed by atoms with E-state index in [0.717, 1.165) is 12.8 Å². The fourth-order valence-corrected chi connectivity index (χ4v) is 0.847. The van der Waals surface area contributed by atoms with E-state index in [2.05, 4.69) is 0 Å². The Labute approximate surface area is 67.2 Å². The minimum atomic E-state index is 0.273. The van der Waals surface area contributed by atoms with Gasteiger partial charge in [0.2, 0.25) is 0 Å². The zero-order valence-corrected chi connectivity index (χ0v) is 6.88. The molecule has 2 heteroatoms. The van der Waals surface area contributed by atoms with E-state index in [1.807, 2.05) is 19.1 Å². The average molecular weight is 154 g/mol. The molecule has 0 saturated heterocycles. The van der Waals surface area contributed by atoms with Crippen molar-refractivity contribution < 1.29 is 9.53 Å². The summed E-state index contributed by atoms with van der Waals surface area (Å²) in [6.07, 6.45) is 5.97. The van der Waals surface area contributed by atoms with Gasteiger partial charge in [0.25, 0.3) is 0 Å². The van der Waals surface area contributed by atoms with Crippen molar-refractivity contribution >= 4 is 5.78 Å². The Morgan fingerprint density at radius 2 is 2.36 bits per heavy atom. The topological polar surface area (TPSA) is 26.3 Å². The lowest BCUT2D eigenvalue weighted by atomic mass is 10.3. The lowest BCUT2D eigenvalue weighted by Gasteiger charge is -1.97. The number of Topliss-reactive ketones (excluding diaryl/α,β-unsaturated/α-hetero) is 1. The van der Waals surface area contributed by atoms with Crippen LogP contribution in [0.3, 0.4) is 0 Å². The van der Waals surface area contributed by atoms with Gasteiger partial charge in [0, 0.05) is 5.92 Å². The lowest BCUT2D eigenvalue weighted by molar-refractivity contribution is -0.124. The molecule has 62 valence electrons. The van der Waals surface area contributed by atoms with Crippen LogP contribution >= 0.6 is 0 Å². The smallest absolute Gasteiger partial charge is 0.161 e. The van der Waals surface area contributed by atoms with Crippen molar-refractivity contribution in [2.24, 2.45) is 5.92 Å². The summed E-state index contributed by atoms with van der Waals surface area (Å²) in [7, 11) is 0. The van der Waals surface area contributed by atoms with Gasteiger partial charge < -0.3 is 4.74 Å². The van der Waals surface area contributed by atoms with Gasteiger partial charge in [0.05, 0.1) is 6.61 Å². The normalized spacial score (nSPS) is 17.5. The van der Waals surface area contributed by atoms with Crippen molar-refractivity contribution in [1.29, 1.82) is 0 Å². The van der Waals surface area contributed by atoms with Gasteiger partial charge in [0.1, 0.15) is 6.61 Å². The van der Waals surface area contributed by atoms with Gasteiger partial charge >= 0.3 is 0 Å². The minimum Gasteiger partial charge on any atom is -0.370 e. The number of hydrogen-bond acceptors (Lipinski definition) is 2. The van der Waals surface area contributed by atoms with Crippen LogP contribution in [0.15, 0.2) is 12.2 Å². The molecule has 0 aromatic carbocycles. The summed E-state index contributed by atoms with van der Waals surface area (Å²) in [6, 6.07) is 0. The highest BCUT2D eigenvalue weighted by Crippen LogP contribution is 2.29. The first-order chi connectivity index (χ1) is 5.34. The molecule has 0 aromatic heterocycles. The highest BCUT2D eigenvalue weighted by atomic mass is 16.5. The van der Waals surface area contributed by atoms with E-state index in [0.29, 0.717) is 19.1 Å². The summed E-state index contributed by atoms with van der Waals surface area (Å²) in [6.45, 7) is 2.80. The fraction of sp³-hybridized carbons (Fsp3) is 0.667. The number of rotatable bonds is 5. The van der Waals surface area contributed by atoms with Crippen molar-refractivity contribution in [1.82, 2.24) is 0 Å². The Bertz CT molecular complexity index is 157. The first kappa shape index (κ1) is 8.47. The van der Waals surface area contributed by atoms with Crippen molar-refractivity contribution in [2.75, 3.05) is 13.2 Å². The highest BCUT2D eigenvalue weighted by Gasteiger charge is 2.28. The van der Waals surface area contributed by atoms with Crippen LogP contribution in [-0.4, -0.2) is 19.0 Å². The highest BCUT2D eigenvalue weighted by molar-refractivity contribution is 5.84. The molecule has 1 saturated carbocycles. The zero-order chi connectivity index (χ0) is 8.10. The summed E-state index contributed by atoms with van der Waals surface area (Å²) in [5.41, 5.74) is 0. The van der Waals surface area contributed by atoms with Gasteiger partial charge in [-0.2, -0.15) is 0 Å². The Morgan fingerprint density at radius 3 is 2.91 bits per heavy atom. The van der Waals surface area contributed by atoms with Crippen LogP contribution in [0.4, 0.5) is 0 Å². The fourth-order valence-electron chi connectivity index (χ4n) is 0.847. The van der Waals surface area contributed by atoms with Crippen molar-refractivity contribution in [3.63, 3.8) is 0 Å². The van der Waals surface area contributed by atoms with Gasteiger partial charge in [-0.3, -0.25) is 4.79 Å². The van der Waals surface area contributed by atoms with Gasteiger partial charge in [-0.05, 0) is 19.8 Å². The monoisotopic (exact) mass is 154 g/mol. The van der Waals surface area contributed by atoms with E-state index >= 15 is 0 Å². The molecule has 0 atom stereocenters. The number of carbonyl (C=O) groups excluding carboxylic acids is 1. The van der Waals surface area contributed by atoms with Crippen LogP contribution in [0.25, 0.3) is 0 Å². The van der Waals surface area contributed by atoms with E-state index in [9.17, 15) is 4.79 Å². The molecule has 0 aromatic rings. The first-order valence-corrected chi connectivity index (χ1v) is 4.06. The third kappa shape index (κ3) is 3.33. The molecule has 0 amide bonds. The Balaban J connectivity index is 1.97. The third-order valence-electron chi connectivity index (χ3n) is 1.73. The zero-order valence-electron chi connectivity index (χ0n) is 6.88. The van der Waals surface area contributed by atoms with Crippen LogP contribution in [0, 0.1) is 5.92 Å². The summed E-state index contributed by atoms with van der Waals surface area (Å²) in [4.78, 5) is 11.0. The molecule has 1 fully saturated rings. The van der Waals surface area contributed by atoms with E-state index in [4.69, 9.17) is 4.74 Å². The molecule has 1 aliphatic carbocycles. The molecular weight excluding hydrogens is 140 g/mol. The number of allylic oxidation sites excluding steroid dienone is 1. The quantitative estimate of drug-likeness (QED) is 0.443. The third-order valence-corrected chi connectivity index (χ3v) is 1.73. The Hall–Kier alpha value is -0.630. The minimum absolute atomic E-state index is 0.273. The molecular formula is C9H14O2. The molecule has 0 N–H and O–H groups in total. The number of ketones is 1. The molecule has 11 heavy (non-hydrogen) atoms. The SMILES string of the molecule is CC=CCOCC(=O)C1CC1. The van der Waals surface area contributed by atoms with Gasteiger partial charge in [-0.15, -0.1) is 0 Å². The van der Waals surface area contributed by atoms with Crippen molar-refractivity contribution in [3.05, 3.63) is 12.2 Å². The standard InChI is InChI=1S/C9H14O2/c1-2-3-6-11-7-9(10)8-4-5-8/h2-3,8H,4-7H2,1H3. The van der Waals surface area contributed by atoms with Crippen LogP contribution in [0.5, 0.6) is 0 Å². The summed E-state index contributed by atoms with van der Waals surface area (Å²) < 4.78 is 5.10. The summed E-state index contributed by atoms with van der Waals surface area (Å²) >= 11 is 0. The summed E-state index contributed by atoms with van der Waals surface area (Å²) in [5, 5.41) is 0. The predicted molar refractivity (Wildman–Crippen MR) is 43.4 cm³/mol. The van der Waals surface area contributed by atoms with E-state index in [1.54, 1.807) is 0 Å². The maximum atomic E-state index is 11.0. The maximum Gasteiger partial charge on any atom is 0.161 e. The molecule has 1 rings (SSSR count). The molecule has 1 aliphatic rings. The Kier molecular flexibility index (Phi) is 3.30. The molecule has 0 unspecified atom stereocenters. The van der Waals surface area contributed by atoms with E-state index < -0.39 is 0 Å². The summed E-state index contributed by atoms with van der Waals surface area (Å²) in [5.74, 6) is 0.607. The van der Waals surface area contributed by atoms with Crippen molar-refractivity contribution in [2.45, 2.75) is 19.8 Å². The average Bonchev–Trinajstić information content (AvgIpc) is 2.79.